The van der Waals surface area contributed by atoms with Crippen LogP contribution in [0.15, 0.2) is 24.3 Å². The smallest absolute Gasteiger partial charge is 0.475 e. The Labute approximate surface area is 177 Å². The molecule has 31 heavy (non-hydrogen) atoms. The van der Waals surface area contributed by atoms with Crippen LogP contribution in [-0.4, -0.2) is 71.3 Å². The molecule has 3 fully saturated rings. The largest absolute Gasteiger partial charge is 0.490 e. The fourth-order valence-corrected chi connectivity index (χ4v) is 4.01. The first-order valence-corrected chi connectivity index (χ1v) is 10.3. The van der Waals surface area contributed by atoms with Crippen molar-refractivity contribution in [2.24, 2.45) is 5.92 Å². The Morgan fingerprint density at radius 1 is 1.10 bits per heavy atom. The third-order valence-corrected chi connectivity index (χ3v) is 6.01. The van der Waals surface area contributed by atoms with Gasteiger partial charge in [-0.15, -0.1) is 0 Å². The predicted molar refractivity (Wildman–Crippen MR) is 103 cm³/mol. The molecular weight excluding hydrogens is 420 g/mol. The summed E-state index contributed by atoms with van der Waals surface area (Å²) in [6, 6.07) is 6.78. The van der Waals surface area contributed by atoms with Crippen molar-refractivity contribution < 1.29 is 37.0 Å². The van der Waals surface area contributed by atoms with Crippen molar-refractivity contribution in [1.29, 1.82) is 0 Å². The highest BCUT2D eigenvalue weighted by atomic mass is 19.4. The molecule has 4 rings (SSSR count). The van der Waals surface area contributed by atoms with Gasteiger partial charge in [-0.2, -0.15) is 13.2 Å². The maximum absolute atomic E-state index is 13.1. The minimum Gasteiger partial charge on any atom is -0.475 e. The van der Waals surface area contributed by atoms with E-state index in [0.29, 0.717) is 11.8 Å². The zero-order valence-corrected chi connectivity index (χ0v) is 17.0. The van der Waals surface area contributed by atoms with E-state index < -0.39 is 12.1 Å². The van der Waals surface area contributed by atoms with Crippen LogP contribution in [0.25, 0.3) is 0 Å². The molecule has 6 nitrogen and oxygen atoms in total. The van der Waals surface area contributed by atoms with E-state index in [-0.39, 0.29) is 11.4 Å². The Kier molecular flexibility index (Phi) is 7.20. The van der Waals surface area contributed by atoms with Crippen molar-refractivity contribution in [3.8, 4) is 0 Å². The molecule has 2 saturated heterocycles. The molecule has 3 aliphatic rings. The molecule has 1 aromatic rings. The highest BCUT2D eigenvalue weighted by Crippen LogP contribution is 2.36. The first-order valence-electron chi connectivity index (χ1n) is 10.3. The van der Waals surface area contributed by atoms with Gasteiger partial charge in [-0.1, -0.05) is 12.1 Å². The van der Waals surface area contributed by atoms with E-state index in [2.05, 4.69) is 4.90 Å². The van der Waals surface area contributed by atoms with Gasteiger partial charge in [0, 0.05) is 37.6 Å². The summed E-state index contributed by atoms with van der Waals surface area (Å²) < 4.78 is 50.7. The first kappa shape index (κ1) is 23.5. The van der Waals surface area contributed by atoms with Crippen molar-refractivity contribution in [3.63, 3.8) is 0 Å². The Bertz CT molecular complexity index is 773. The van der Waals surface area contributed by atoms with E-state index >= 15 is 0 Å². The summed E-state index contributed by atoms with van der Waals surface area (Å²) in [5.74, 6) is -2.29. The Balaban J connectivity index is 0.000000339. The number of nitrogens with zero attached hydrogens (tertiary/aromatic N) is 2. The normalized spacial score (nSPS) is 21.4. The zero-order chi connectivity index (χ0) is 22.6. The van der Waals surface area contributed by atoms with Gasteiger partial charge in [0.2, 0.25) is 5.91 Å². The number of carbonyl (C=O) groups is 2. The number of piperidine rings is 1. The third kappa shape index (κ3) is 6.16. The van der Waals surface area contributed by atoms with Gasteiger partial charge in [0.15, 0.2) is 0 Å². The summed E-state index contributed by atoms with van der Waals surface area (Å²) in [6.45, 7) is 4.86. The summed E-state index contributed by atoms with van der Waals surface area (Å²) in [5, 5.41) is 7.12. The minimum atomic E-state index is -5.08. The first-order chi connectivity index (χ1) is 14.6. The average Bonchev–Trinajstić information content (AvgIpc) is 3.57. The monoisotopic (exact) mass is 446 g/mol. The number of alkyl halides is 3. The number of morpholine rings is 1. The molecule has 0 radical (unpaired) electrons. The Morgan fingerprint density at radius 2 is 1.68 bits per heavy atom. The van der Waals surface area contributed by atoms with E-state index in [4.69, 9.17) is 14.6 Å². The minimum absolute atomic E-state index is 0.0208. The van der Waals surface area contributed by atoms with E-state index in [1.165, 1.54) is 12.1 Å². The number of amides is 1. The van der Waals surface area contributed by atoms with E-state index in [1.54, 1.807) is 0 Å². The van der Waals surface area contributed by atoms with Crippen molar-refractivity contribution in [3.05, 3.63) is 35.6 Å². The molecule has 2 heterocycles. The maximum atomic E-state index is 13.1. The predicted octanol–water partition coefficient (Wildman–Crippen LogP) is 3.06. The SMILES string of the molecule is O=C(C1CC1)N1CCC2(CC1)COCCN2Cc1ccc(F)cc1.O=C(O)C(F)(F)F. The van der Waals surface area contributed by atoms with Gasteiger partial charge in [0.1, 0.15) is 5.82 Å². The molecule has 1 amide bonds. The van der Waals surface area contributed by atoms with Crippen LogP contribution in [0.3, 0.4) is 0 Å². The van der Waals surface area contributed by atoms with Gasteiger partial charge in [-0.25, -0.2) is 9.18 Å². The van der Waals surface area contributed by atoms with Crippen LogP contribution < -0.4 is 0 Å². The lowest BCUT2D eigenvalue weighted by molar-refractivity contribution is -0.192. The summed E-state index contributed by atoms with van der Waals surface area (Å²) in [4.78, 5) is 25.7. The molecule has 10 heteroatoms. The molecule has 0 aromatic heterocycles. The van der Waals surface area contributed by atoms with Crippen molar-refractivity contribution in [2.45, 2.75) is 43.9 Å². The quantitative estimate of drug-likeness (QED) is 0.723. The number of benzene rings is 1. The number of aliphatic carboxylic acids is 1. The van der Waals surface area contributed by atoms with Crippen molar-refractivity contribution in [1.82, 2.24) is 9.80 Å². The molecule has 0 atom stereocenters. The van der Waals surface area contributed by atoms with E-state index in [9.17, 15) is 22.4 Å². The van der Waals surface area contributed by atoms with E-state index in [1.807, 2.05) is 17.0 Å². The fraction of sp³-hybridized carbons (Fsp3) is 0.619. The summed E-state index contributed by atoms with van der Waals surface area (Å²) in [5.41, 5.74) is 1.15. The molecule has 0 bridgehead atoms. The summed E-state index contributed by atoms with van der Waals surface area (Å²) in [7, 11) is 0. The lowest BCUT2D eigenvalue weighted by Gasteiger charge is -2.51. The molecule has 1 aromatic carbocycles. The van der Waals surface area contributed by atoms with Crippen molar-refractivity contribution >= 4 is 11.9 Å². The van der Waals surface area contributed by atoms with Gasteiger partial charge in [-0.3, -0.25) is 9.69 Å². The average molecular weight is 446 g/mol. The van der Waals surface area contributed by atoms with Gasteiger partial charge in [-0.05, 0) is 43.4 Å². The molecule has 172 valence electrons. The second-order valence-corrected chi connectivity index (χ2v) is 8.23. The number of carboxylic acid groups (broad SMARTS) is 1. The third-order valence-electron chi connectivity index (χ3n) is 6.01. The number of carboxylic acids is 1. The lowest BCUT2D eigenvalue weighted by atomic mass is 9.84. The number of rotatable bonds is 3. The number of hydrogen-bond donors (Lipinski definition) is 1. The van der Waals surface area contributed by atoms with Crippen LogP contribution in [0.5, 0.6) is 0 Å². The van der Waals surface area contributed by atoms with Gasteiger partial charge in [0.05, 0.1) is 13.2 Å². The van der Waals surface area contributed by atoms with Gasteiger partial charge >= 0.3 is 12.1 Å². The lowest BCUT2D eigenvalue weighted by Crippen LogP contribution is -2.61. The topological polar surface area (TPSA) is 70.1 Å². The van der Waals surface area contributed by atoms with Crippen LogP contribution >= 0.6 is 0 Å². The van der Waals surface area contributed by atoms with Crippen LogP contribution in [0.4, 0.5) is 17.6 Å². The molecule has 1 saturated carbocycles. The fourth-order valence-electron chi connectivity index (χ4n) is 4.01. The second-order valence-electron chi connectivity index (χ2n) is 8.23. The van der Waals surface area contributed by atoms with E-state index in [0.717, 1.165) is 70.6 Å². The van der Waals surface area contributed by atoms with Crippen LogP contribution in [-0.2, 0) is 20.9 Å². The number of ether oxygens (including phenoxy) is 1. The Morgan fingerprint density at radius 3 is 2.19 bits per heavy atom. The Hall–Kier alpha value is -2.20. The molecule has 1 spiro atoms. The summed E-state index contributed by atoms with van der Waals surface area (Å²) >= 11 is 0. The molecule has 2 aliphatic heterocycles. The zero-order valence-electron chi connectivity index (χ0n) is 17.0. The molecule has 0 unspecified atom stereocenters. The van der Waals surface area contributed by atoms with Crippen LogP contribution in [0, 0.1) is 11.7 Å². The summed E-state index contributed by atoms with van der Waals surface area (Å²) in [6.07, 6.45) is -1.01. The van der Waals surface area contributed by atoms with Gasteiger partial charge in [0.25, 0.3) is 0 Å². The second kappa shape index (κ2) is 9.52. The van der Waals surface area contributed by atoms with Crippen LogP contribution in [0.2, 0.25) is 0 Å². The molecule has 1 N–H and O–H groups in total. The highest BCUT2D eigenvalue weighted by molar-refractivity contribution is 5.81. The standard InChI is InChI=1S/C19H25FN2O2.C2HF3O2/c20-17-5-1-15(2-6-17)13-22-11-12-24-14-19(22)7-9-21(10-8-19)18(23)16-3-4-16;3-2(4,5)1(6)7/h1-2,5-6,16H,3-4,7-14H2;(H,6,7). The number of carbonyl (C=O) groups excluding carboxylic acids is 1. The number of likely N-dealkylation sites (tertiary alicyclic amines) is 1. The highest BCUT2D eigenvalue weighted by Gasteiger charge is 2.44. The van der Waals surface area contributed by atoms with Crippen LogP contribution in [0.1, 0.15) is 31.2 Å². The van der Waals surface area contributed by atoms with Crippen molar-refractivity contribution in [2.75, 3.05) is 32.8 Å². The number of hydrogen-bond acceptors (Lipinski definition) is 4. The number of halogens is 4. The van der Waals surface area contributed by atoms with Gasteiger partial charge < -0.3 is 14.7 Å². The molecular formula is C21H26F4N2O4. The maximum Gasteiger partial charge on any atom is 0.490 e. The molecule has 1 aliphatic carbocycles.